The van der Waals surface area contributed by atoms with Gasteiger partial charge in [-0.25, -0.2) is 4.68 Å². The summed E-state index contributed by atoms with van der Waals surface area (Å²) in [7, 11) is 0. The Morgan fingerprint density at radius 3 is 2.03 bits per heavy atom. The van der Waals surface area contributed by atoms with Crippen LogP contribution in [0.5, 0.6) is 0 Å². The molecule has 0 aromatic carbocycles. The van der Waals surface area contributed by atoms with Gasteiger partial charge in [-0.1, -0.05) is 21.1 Å². The topological polar surface area (TPSA) is 145 Å². The summed E-state index contributed by atoms with van der Waals surface area (Å²) in [6, 6.07) is 0. The van der Waals surface area contributed by atoms with Gasteiger partial charge in [0.1, 0.15) is 12.7 Å². The molecule has 1 saturated heterocycles. The number of rotatable bonds is 7. The van der Waals surface area contributed by atoms with E-state index in [1.54, 1.807) is 0 Å². The summed E-state index contributed by atoms with van der Waals surface area (Å²) in [5.74, 6) is -2.69. The third-order valence-corrected chi connectivity index (χ3v) is 4.50. The molecule has 1 aromatic rings. The van der Waals surface area contributed by atoms with E-state index in [1.165, 1.54) is 24.7 Å². The van der Waals surface area contributed by atoms with Crippen molar-refractivity contribution in [1.82, 2.24) is 15.0 Å². The zero-order valence-corrected chi connectivity index (χ0v) is 18.4. The molecule has 0 bridgehead atoms. The van der Waals surface area contributed by atoms with E-state index in [2.05, 4.69) is 26.2 Å². The van der Waals surface area contributed by atoms with E-state index >= 15 is 0 Å². The minimum absolute atomic E-state index is 0.311. The van der Waals surface area contributed by atoms with Gasteiger partial charge in [-0.3, -0.25) is 19.2 Å². The fraction of sp³-hybridized carbons (Fsp3) is 0.647. The molecule has 0 amide bonds. The first-order valence-electron chi connectivity index (χ1n) is 8.89. The molecule has 2 rings (SSSR count). The maximum Gasteiger partial charge on any atom is 0.303 e. The highest BCUT2D eigenvalue weighted by molar-refractivity contribution is 9.08. The zero-order valence-electron chi connectivity index (χ0n) is 16.8. The second kappa shape index (κ2) is 10.5. The average Bonchev–Trinajstić information content (AvgIpc) is 3.11. The van der Waals surface area contributed by atoms with Crippen LogP contribution in [0, 0.1) is 0 Å². The Labute approximate surface area is 180 Å². The highest BCUT2D eigenvalue weighted by Crippen LogP contribution is 2.34. The van der Waals surface area contributed by atoms with E-state index in [-0.39, 0.29) is 6.61 Å². The van der Waals surface area contributed by atoms with E-state index < -0.39 is 54.5 Å². The summed E-state index contributed by atoms with van der Waals surface area (Å²) in [6.07, 6.45) is -4.32. The summed E-state index contributed by atoms with van der Waals surface area (Å²) in [5.41, 5.74) is 0.558. The molecule has 30 heavy (non-hydrogen) atoms. The van der Waals surface area contributed by atoms with Gasteiger partial charge in [-0.2, -0.15) is 0 Å². The van der Waals surface area contributed by atoms with Crippen molar-refractivity contribution in [2.24, 2.45) is 0 Å². The normalized spacial score (nSPS) is 25.8. The molecule has 1 aliphatic heterocycles. The summed E-state index contributed by atoms with van der Waals surface area (Å²) >= 11 is 3.26. The third-order valence-electron chi connectivity index (χ3n) is 3.92. The second-order valence-electron chi connectivity index (χ2n) is 6.41. The first-order chi connectivity index (χ1) is 14.1. The van der Waals surface area contributed by atoms with Crippen LogP contribution < -0.4 is 0 Å². The average molecular weight is 492 g/mol. The molecular formula is C17H22BrN3O9. The molecule has 2 heterocycles. The zero-order chi connectivity index (χ0) is 22.4. The van der Waals surface area contributed by atoms with Crippen LogP contribution in [0.25, 0.3) is 0 Å². The molecule has 1 fully saturated rings. The number of hydrogen-bond donors (Lipinski definition) is 0. The fourth-order valence-corrected chi connectivity index (χ4v) is 3.17. The van der Waals surface area contributed by atoms with Crippen molar-refractivity contribution in [3.8, 4) is 0 Å². The first-order valence-corrected chi connectivity index (χ1v) is 10.0. The summed E-state index contributed by atoms with van der Waals surface area (Å²) in [5, 5.41) is 8.31. The molecule has 1 aliphatic rings. The molecule has 0 radical (unpaired) electrons. The standard InChI is InChI=1S/C17H22BrN3O9/c1-8(22)26-7-13-14(27-9(2)23)15(28-10(3)24)16(29-11(4)25)17(30-13)21-6-12(5-18)19-20-21/h6,13-17H,5,7H2,1-4H3/t13-,14-,15+,16+,17-/m1/s1. The van der Waals surface area contributed by atoms with E-state index in [0.29, 0.717) is 11.0 Å². The molecular weight excluding hydrogens is 470 g/mol. The van der Waals surface area contributed by atoms with Crippen LogP contribution in [-0.2, 0) is 48.2 Å². The number of halogens is 1. The quantitative estimate of drug-likeness (QED) is 0.297. The van der Waals surface area contributed by atoms with E-state index in [9.17, 15) is 19.2 Å². The van der Waals surface area contributed by atoms with Gasteiger partial charge >= 0.3 is 23.9 Å². The summed E-state index contributed by atoms with van der Waals surface area (Å²) in [4.78, 5) is 46.5. The minimum Gasteiger partial charge on any atom is -0.463 e. The third kappa shape index (κ3) is 6.23. The molecule has 0 spiro atoms. The number of ether oxygens (including phenoxy) is 5. The second-order valence-corrected chi connectivity index (χ2v) is 6.97. The lowest BCUT2D eigenvalue weighted by molar-refractivity contribution is -0.270. The van der Waals surface area contributed by atoms with Crippen molar-refractivity contribution in [3.05, 3.63) is 11.9 Å². The fourth-order valence-electron chi connectivity index (χ4n) is 2.92. The van der Waals surface area contributed by atoms with Crippen LogP contribution in [0.3, 0.4) is 0 Å². The van der Waals surface area contributed by atoms with E-state index in [0.717, 1.165) is 13.8 Å². The highest BCUT2D eigenvalue weighted by Gasteiger charge is 2.53. The number of nitrogens with zero attached hydrogens (tertiary/aromatic N) is 3. The number of carbonyl (C=O) groups is 4. The Bertz CT molecular complexity index is 799. The molecule has 1 aromatic heterocycles. The predicted molar refractivity (Wildman–Crippen MR) is 99.9 cm³/mol. The van der Waals surface area contributed by atoms with Gasteiger partial charge in [0.15, 0.2) is 24.5 Å². The summed E-state index contributed by atoms with van der Waals surface area (Å²) in [6.45, 7) is 4.36. The molecule has 166 valence electrons. The van der Waals surface area contributed by atoms with Gasteiger partial charge in [-0.05, 0) is 0 Å². The molecule has 0 aliphatic carbocycles. The Hall–Kier alpha value is -2.54. The Morgan fingerprint density at radius 2 is 1.53 bits per heavy atom. The molecule has 0 unspecified atom stereocenters. The number of alkyl halides is 1. The van der Waals surface area contributed by atoms with Crippen molar-refractivity contribution in [1.29, 1.82) is 0 Å². The Balaban J connectivity index is 2.50. The van der Waals surface area contributed by atoms with Crippen molar-refractivity contribution in [2.75, 3.05) is 6.61 Å². The van der Waals surface area contributed by atoms with Crippen molar-refractivity contribution in [2.45, 2.75) is 63.7 Å². The van der Waals surface area contributed by atoms with Crippen LogP contribution in [0.4, 0.5) is 0 Å². The lowest BCUT2D eigenvalue weighted by atomic mass is 9.97. The summed E-state index contributed by atoms with van der Waals surface area (Å²) < 4.78 is 28.3. The van der Waals surface area contributed by atoms with Crippen LogP contribution in [0.1, 0.15) is 39.6 Å². The molecule has 0 N–H and O–H groups in total. The van der Waals surface area contributed by atoms with Crippen molar-refractivity contribution in [3.63, 3.8) is 0 Å². The lowest BCUT2D eigenvalue weighted by Crippen LogP contribution is -2.60. The lowest BCUT2D eigenvalue weighted by Gasteiger charge is -2.44. The van der Waals surface area contributed by atoms with Crippen LogP contribution in [0.2, 0.25) is 0 Å². The van der Waals surface area contributed by atoms with Gasteiger partial charge in [0.2, 0.25) is 0 Å². The Kier molecular flexibility index (Phi) is 8.29. The smallest absolute Gasteiger partial charge is 0.303 e. The van der Waals surface area contributed by atoms with Gasteiger partial charge in [-0.15, -0.1) is 5.10 Å². The van der Waals surface area contributed by atoms with Crippen LogP contribution >= 0.6 is 15.9 Å². The number of hydrogen-bond acceptors (Lipinski definition) is 11. The van der Waals surface area contributed by atoms with Crippen molar-refractivity contribution < 1.29 is 42.9 Å². The minimum atomic E-state index is -1.26. The van der Waals surface area contributed by atoms with E-state index in [1.807, 2.05) is 0 Å². The monoisotopic (exact) mass is 491 g/mol. The molecule has 0 saturated carbocycles. The molecule has 13 heteroatoms. The number of esters is 4. The number of aromatic nitrogens is 3. The maximum absolute atomic E-state index is 11.8. The SMILES string of the molecule is CC(=O)OC[C@H]1O[C@@H](n2cc(CBr)nn2)[C@@H](OC(C)=O)[C@@H](OC(C)=O)[C@@H]1OC(C)=O. The van der Waals surface area contributed by atoms with E-state index in [4.69, 9.17) is 23.7 Å². The molecule has 5 atom stereocenters. The van der Waals surface area contributed by atoms with Crippen LogP contribution in [-0.4, -0.2) is 69.9 Å². The Morgan fingerprint density at radius 1 is 0.967 bits per heavy atom. The van der Waals surface area contributed by atoms with Gasteiger partial charge in [0.25, 0.3) is 0 Å². The maximum atomic E-state index is 11.8. The van der Waals surface area contributed by atoms with Gasteiger partial charge in [0.05, 0.1) is 11.9 Å². The number of carbonyl (C=O) groups excluding carboxylic acids is 4. The van der Waals surface area contributed by atoms with Gasteiger partial charge < -0.3 is 23.7 Å². The molecule has 12 nitrogen and oxygen atoms in total. The first kappa shape index (κ1) is 23.7. The van der Waals surface area contributed by atoms with Gasteiger partial charge in [0, 0.05) is 33.0 Å². The predicted octanol–water partition coefficient (Wildman–Crippen LogP) is 0.429. The van der Waals surface area contributed by atoms with Crippen molar-refractivity contribution >= 4 is 39.8 Å². The van der Waals surface area contributed by atoms with Crippen LogP contribution in [0.15, 0.2) is 6.20 Å². The largest absolute Gasteiger partial charge is 0.463 e. The highest BCUT2D eigenvalue weighted by atomic mass is 79.9.